The molecule has 0 aliphatic carbocycles. The fourth-order valence-corrected chi connectivity index (χ4v) is 2.57. The summed E-state index contributed by atoms with van der Waals surface area (Å²) >= 11 is 0. The van der Waals surface area contributed by atoms with E-state index < -0.39 is 39.7 Å². The molecule has 0 aliphatic heterocycles. The molecule has 1 aromatic rings. The number of aliphatic hydroxyl groups is 1. The van der Waals surface area contributed by atoms with Gasteiger partial charge in [-0.1, -0.05) is 6.07 Å². The summed E-state index contributed by atoms with van der Waals surface area (Å²) in [5.41, 5.74) is 0. The van der Waals surface area contributed by atoms with Crippen molar-refractivity contribution < 1.29 is 32.1 Å². The molecule has 0 spiro atoms. The molecule has 3 N–H and O–H groups in total. The van der Waals surface area contributed by atoms with Crippen molar-refractivity contribution in [2.45, 2.75) is 10.8 Å². The van der Waals surface area contributed by atoms with Crippen molar-refractivity contribution in [1.29, 1.82) is 0 Å². The predicted molar refractivity (Wildman–Crippen MR) is 61.9 cm³/mol. The van der Waals surface area contributed by atoms with Crippen LogP contribution in [0.15, 0.2) is 23.1 Å². The first-order valence-electron chi connectivity index (χ1n) is 5.08. The molecule has 0 heterocycles. The predicted octanol–water partition coefficient (Wildman–Crippen LogP) is 0.307. The highest BCUT2D eigenvalue weighted by atomic mass is 32.2. The van der Waals surface area contributed by atoms with Gasteiger partial charge in [0.2, 0.25) is 10.0 Å². The second-order valence-electron chi connectivity index (χ2n) is 3.65. The van der Waals surface area contributed by atoms with Gasteiger partial charge in [-0.15, -0.1) is 0 Å². The van der Waals surface area contributed by atoms with E-state index in [0.29, 0.717) is 0 Å². The maximum Gasteiger partial charge on any atom is 0.283 e. The highest BCUT2D eigenvalue weighted by molar-refractivity contribution is 7.89. The zero-order valence-corrected chi connectivity index (χ0v) is 10.7. The van der Waals surface area contributed by atoms with Crippen molar-refractivity contribution in [2.75, 3.05) is 20.3 Å². The molecule has 108 valence electrons. The summed E-state index contributed by atoms with van der Waals surface area (Å²) in [6, 6.07) is 3.69. The van der Waals surface area contributed by atoms with E-state index in [-0.39, 0.29) is 5.75 Å². The first-order valence-corrected chi connectivity index (χ1v) is 6.56. The molecule has 0 aromatic heterocycles. The second-order valence-corrected chi connectivity index (χ2v) is 5.35. The number of phenols is 1. The summed E-state index contributed by atoms with van der Waals surface area (Å²) in [7, 11) is -3.22. The Labute approximate surface area is 108 Å². The van der Waals surface area contributed by atoms with E-state index in [1.54, 1.807) is 4.72 Å². The number of sulfonamides is 1. The molecule has 0 unspecified atom stereocenters. The van der Waals surface area contributed by atoms with Crippen molar-refractivity contribution in [2.24, 2.45) is 0 Å². The van der Waals surface area contributed by atoms with Gasteiger partial charge in [-0.3, -0.25) is 0 Å². The van der Waals surface area contributed by atoms with Crippen LogP contribution < -0.4 is 9.46 Å². The van der Waals surface area contributed by atoms with Crippen LogP contribution in [0, 0.1) is 0 Å². The van der Waals surface area contributed by atoms with Crippen LogP contribution >= 0.6 is 0 Å². The first-order chi connectivity index (χ1) is 8.73. The Balaban J connectivity index is 3.08. The van der Waals surface area contributed by atoms with Crippen LogP contribution in [-0.4, -0.2) is 44.8 Å². The summed E-state index contributed by atoms with van der Waals surface area (Å²) in [5, 5.41) is 17.9. The quantitative estimate of drug-likeness (QED) is 0.702. The zero-order chi connectivity index (χ0) is 14.7. The highest BCUT2D eigenvalue weighted by Crippen LogP contribution is 2.31. The summed E-state index contributed by atoms with van der Waals surface area (Å²) in [4.78, 5) is -0.633. The van der Waals surface area contributed by atoms with E-state index in [0.717, 1.165) is 6.07 Å². The standard InChI is InChI=1S/C10H13F2NO5S/c1-18-8-4-2-3-7(15)9(8)19(16,17)13-5-10(11,12)6-14/h2-4,13-15H,5-6H2,1H3. The molecule has 0 aliphatic rings. The molecule has 19 heavy (non-hydrogen) atoms. The Morgan fingerprint density at radius 1 is 1.42 bits per heavy atom. The van der Waals surface area contributed by atoms with Crippen molar-refractivity contribution in [1.82, 2.24) is 4.72 Å². The largest absolute Gasteiger partial charge is 0.506 e. The number of rotatable bonds is 6. The molecular weight excluding hydrogens is 284 g/mol. The smallest absolute Gasteiger partial charge is 0.283 e. The van der Waals surface area contributed by atoms with Crippen molar-refractivity contribution >= 4 is 10.0 Å². The van der Waals surface area contributed by atoms with Gasteiger partial charge in [0.15, 0.2) is 4.90 Å². The number of benzene rings is 1. The van der Waals surface area contributed by atoms with E-state index in [9.17, 15) is 22.3 Å². The Morgan fingerprint density at radius 2 is 2.05 bits per heavy atom. The van der Waals surface area contributed by atoms with Gasteiger partial charge < -0.3 is 14.9 Å². The lowest BCUT2D eigenvalue weighted by molar-refractivity contribution is -0.0437. The van der Waals surface area contributed by atoms with Crippen LogP contribution in [0.25, 0.3) is 0 Å². The third-order valence-corrected chi connectivity index (χ3v) is 3.67. The number of phenolic OH excluding ortho intramolecular Hbond substituents is 1. The topological polar surface area (TPSA) is 95.9 Å². The van der Waals surface area contributed by atoms with E-state index in [1.165, 1.54) is 19.2 Å². The zero-order valence-electron chi connectivity index (χ0n) is 9.93. The number of alkyl halides is 2. The average Bonchev–Trinajstić information content (AvgIpc) is 2.36. The Bertz CT molecular complexity index is 547. The molecule has 1 aromatic carbocycles. The van der Waals surface area contributed by atoms with Crippen molar-refractivity contribution in [3.63, 3.8) is 0 Å². The number of aromatic hydroxyl groups is 1. The first kappa shape index (κ1) is 15.6. The number of aliphatic hydroxyl groups excluding tert-OH is 1. The minimum absolute atomic E-state index is 0.181. The van der Waals surface area contributed by atoms with Crippen molar-refractivity contribution in [3.05, 3.63) is 18.2 Å². The van der Waals surface area contributed by atoms with E-state index >= 15 is 0 Å². The normalized spacial score (nSPS) is 12.4. The molecule has 1 rings (SSSR count). The highest BCUT2D eigenvalue weighted by Gasteiger charge is 2.32. The molecule has 0 bridgehead atoms. The molecule has 0 fully saturated rings. The maximum absolute atomic E-state index is 12.8. The molecule has 0 saturated carbocycles. The Kier molecular flexibility index (Phi) is 4.66. The molecule has 0 amide bonds. The maximum atomic E-state index is 12.8. The molecule has 0 radical (unpaired) electrons. The summed E-state index contributed by atoms with van der Waals surface area (Å²) in [6.07, 6.45) is 0. The third kappa shape index (κ3) is 3.75. The van der Waals surface area contributed by atoms with E-state index in [2.05, 4.69) is 0 Å². The second kappa shape index (κ2) is 5.68. The van der Waals surface area contributed by atoms with Gasteiger partial charge in [0.05, 0.1) is 13.7 Å². The summed E-state index contributed by atoms with van der Waals surface area (Å²) in [5.74, 6) is -4.40. The van der Waals surface area contributed by atoms with E-state index in [4.69, 9.17) is 9.84 Å². The van der Waals surface area contributed by atoms with Crippen LogP contribution in [0.1, 0.15) is 0 Å². The van der Waals surface area contributed by atoms with Gasteiger partial charge in [-0.2, -0.15) is 0 Å². The fourth-order valence-electron chi connectivity index (χ4n) is 1.26. The number of hydrogen-bond donors (Lipinski definition) is 3. The number of methoxy groups -OCH3 is 1. The SMILES string of the molecule is COc1cccc(O)c1S(=O)(=O)NCC(F)(F)CO. The van der Waals surface area contributed by atoms with Crippen LogP contribution in [0.4, 0.5) is 8.78 Å². The third-order valence-electron chi connectivity index (χ3n) is 2.20. The number of hydrogen-bond acceptors (Lipinski definition) is 5. The minimum Gasteiger partial charge on any atom is -0.506 e. The summed E-state index contributed by atoms with van der Waals surface area (Å²) < 4.78 is 55.6. The van der Waals surface area contributed by atoms with Crippen molar-refractivity contribution in [3.8, 4) is 11.5 Å². The van der Waals surface area contributed by atoms with Crippen LogP contribution in [0.2, 0.25) is 0 Å². The summed E-state index contributed by atoms with van der Waals surface area (Å²) in [6.45, 7) is -2.78. The van der Waals surface area contributed by atoms with Gasteiger partial charge >= 0.3 is 0 Å². The van der Waals surface area contributed by atoms with Gasteiger partial charge in [-0.25, -0.2) is 21.9 Å². The molecular formula is C10H13F2NO5S. The average molecular weight is 297 g/mol. The van der Waals surface area contributed by atoms with Gasteiger partial charge in [0.25, 0.3) is 5.92 Å². The number of halogens is 2. The van der Waals surface area contributed by atoms with Crippen LogP contribution in [0.3, 0.4) is 0 Å². The lowest BCUT2D eigenvalue weighted by Crippen LogP contribution is -2.39. The molecule has 0 saturated heterocycles. The number of nitrogens with one attached hydrogen (secondary N) is 1. The fraction of sp³-hybridized carbons (Fsp3) is 0.400. The lowest BCUT2D eigenvalue weighted by atomic mass is 10.3. The minimum atomic E-state index is -4.39. The van der Waals surface area contributed by atoms with Gasteiger partial charge in [0.1, 0.15) is 18.1 Å². The Hall–Kier alpha value is -1.45. The number of ether oxygens (including phenoxy) is 1. The molecule has 6 nitrogen and oxygen atoms in total. The van der Waals surface area contributed by atoms with Crippen LogP contribution in [-0.2, 0) is 10.0 Å². The van der Waals surface area contributed by atoms with Gasteiger partial charge in [0, 0.05) is 0 Å². The van der Waals surface area contributed by atoms with Gasteiger partial charge in [-0.05, 0) is 12.1 Å². The lowest BCUT2D eigenvalue weighted by Gasteiger charge is -2.16. The Morgan fingerprint density at radius 3 is 2.58 bits per heavy atom. The van der Waals surface area contributed by atoms with E-state index in [1.807, 2.05) is 0 Å². The molecule has 0 atom stereocenters. The van der Waals surface area contributed by atoms with Crippen LogP contribution in [0.5, 0.6) is 11.5 Å². The molecule has 9 heteroatoms. The monoisotopic (exact) mass is 297 g/mol.